The summed E-state index contributed by atoms with van der Waals surface area (Å²) in [5.41, 5.74) is 0.0438. The Labute approximate surface area is 155 Å². The molecular formula is C18H19N5O4. The van der Waals surface area contributed by atoms with E-state index in [1.54, 1.807) is 19.9 Å². The van der Waals surface area contributed by atoms with Crippen molar-refractivity contribution in [2.75, 3.05) is 0 Å². The average molecular weight is 369 g/mol. The summed E-state index contributed by atoms with van der Waals surface area (Å²) in [5.74, 6) is -0.403. The Morgan fingerprint density at radius 3 is 2.59 bits per heavy atom. The molecule has 0 fully saturated rings. The molecule has 0 aliphatic heterocycles. The molecule has 2 rings (SSSR count). The standard InChI is InChI=1S/C18H19N5O4/c1-5-11(3)22-17(24)14(9-19)12(4)16(18(22)25)21-20-13-7-6-10(2)15(8-13)23(26)27/h6-8,11,24H,5H2,1-4H3. The molecule has 1 heterocycles. The van der Waals surface area contributed by atoms with Crippen molar-refractivity contribution in [3.8, 4) is 11.9 Å². The number of aromatic hydroxyl groups is 1. The van der Waals surface area contributed by atoms with Gasteiger partial charge in [-0.25, -0.2) is 0 Å². The zero-order valence-electron chi connectivity index (χ0n) is 15.4. The molecule has 0 amide bonds. The molecule has 0 saturated heterocycles. The van der Waals surface area contributed by atoms with Crippen molar-refractivity contribution in [1.29, 1.82) is 5.26 Å². The number of aryl methyl sites for hydroxylation is 1. The summed E-state index contributed by atoms with van der Waals surface area (Å²) in [5, 5.41) is 38.5. The van der Waals surface area contributed by atoms with Crippen LogP contribution >= 0.6 is 0 Å². The van der Waals surface area contributed by atoms with E-state index in [-0.39, 0.29) is 34.2 Å². The van der Waals surface area contributed by atoms with Gasteiger partial charge in [0.25, 0.3) is 11.2 Å². The van der Waals surface area contributed by atoms with E-state index in [0.717, 1.165) is 4.57 Å². The number of hydrogen-bond acceptors (Lipinski definition) is 7. The van der Waals surface area contributed by atoms with Gasteiger partial charge in [-0.1, -0.05) is 13.0 Å². The molecule has 0 saturated carbocycles. The molecule has 0 aliphatic carbocycles. The predicted molar refractivity (Wildman–Crippen MR) is 98.8 cm³/mol. The summed E-state index contributed by atoms with van der Waals surface area (Å²) in [6, 6.07) is 5.87. The molecule has 1 unspecified atom stereocenters. The molecule has 1 aromatic carbocycles. The number of azo groups is 1. The van der Waals surface area contributed by atoms with Gasteiger partial charge in [0, 0.05) is 23.2 Å². The Morgan fingerprint density at radius 2 is 2.04 bits per heavy atom. The Balaban J connectivity index is 2.65. The van der Waals surface area contributed by atoms with Crippen LogP contribution in [0.5, 0.6) is 5.88 Å². The first kappa shape index (κ1) is 19.8. The first-order valence-corrected chi connectivity index (χ1v) is 8.27. The van der Waals surface area contributed by atoms with E-state index < -0.39 is 16.4 Å². The molecule has 0 radical (unpaired) electrons. The van der Waals surface area contributed by atoms with Crippen LogP contribution in [-0.4, -0.2) is 14.6 Å². The van der Waals surface area contributed by atoms with Gasteiger partial charge in [0.2, 0.25) is 5.88 Å². The van der Waals surface area contributed by atoms with Crippen LogP contribution in [-0.2, 0) is 0 Å². The Hall–Kier alpha value is -3.54. The second-order valence-electron chi connectivity index (χ2n) is 6.14. The number of nitro benzene ring substituents is 1. The van der Waals surface area contributed by atoms with Gasteiger partial charge in [-0.15, -0.1) is 5.11 Å². The molecule has 1 atom stereocenters. The van der Waals surface area contributed by atoms with Crippen molar-refractivity contribution < 1.29 is 10.0 Å². The van der Waals surface area contributed by atoms with E-state index in [2.05, 4.69) is 10.2 Å². The van der Waals surface area contributed by atoms with E-state index in [9.17, 15) is 25.3 Å². The molecule has 1 aromatic heterocycles. The molecule has 9 heteroatoms. The van der Waals surface area contributed by atoms with Crippen molar-refractivity contribution in [2.45, 2.75) is 40.2 Å². The predicted octanol–water partition coefficient (Wildman–Crippen LogP) is 4.34. The van der Waals surface area contributed by atoms with Crippen LogP contribution in [0.15, 0.2) is 33.2 Å². The third-order valence-corrected chi connectivity index (χ3v) is 4.40. The maximum Gasteiger partial charge on any atom is 0.281 e. The minimum atomic E-state index is -0.580. The third-order valence-electron chi connectivity index (χ3n) is 4.40. The number of nitrogens with zero attached hydrogens (tertiary/aromatic N) is 5. The molecule has 2 aromatic rings. The molecule has 0 aliphatic rings. The lowest BCUT2D eigenvalue weighted by atomic mass is 10.1. The van der Waals surface area contributed by atoms with E-state index in [0.29, 0.717) is 12.0 Å². The summed E-state index contributed by atoms with van der Waals surface area (Å²) >= 11 is 0. The molecule has 0 bridgehead atoms. The summed E-state index contributed by atoms with van der Waals surface area (Å²) < 4.78 is 1.11. The second-order valence-corrected chi connectivity index (χ2v) is 6.14. The highest BCUT2D eigenvalue weighted by molar-refractivity contribution is 5.57. The number of nitro groups is 1. The minimum absolute atomic E-state index is 0.0567. The second kappa shape index (κ2) is 7.78. The first-order chi connectivity index (χ1) is 12.7. The highest BCUT2D eigenvalue weighted by atomic mass is 16.6. The Morgan fingerprint density at radius 1 is 1.37 bits per heavy atom. The van der Waals surface area contributed by atoms with Crippen LogP contribution in [0.3, 0.4) is 0 Å². The van der Waals surface area contributed by atoms with Crippen molar-refractivity contribution in [2.24, 2.45) is 10.2 Å². The van der Waals surface area contributed by atoms with Gasteiger partial charge >= 0.3 is 0 Å². The maximum absolute atomic E-state index is 12.8. The van der Waals surface area contributed by atoms with Crippen molar-refractivity contribution in [1.82, 2.24) is 4.57 Å². The van der Waals surface area contributed by atoms with Crippen molar-refractivity contribution >= 4 is 17.1 Å². The molecule has 140 valence electrons. The van der Waals surface area contributed by atoms with Gasteiger partial charge in [-0.3, -0.25) is 19.5 Å². The molecular weight excluding hydrogens is 350 g/mol. The van der Waals surface area contributed by atoms with Crippen LogP contribution in [0.25, 0.3) is 0 Å². The monoisotopic (exact) mass is 369 g/mol. The number of hydrogen-bond donors (Lipinski definition) is 1. The lowest BCUT2D eigenvalue weighted by molar-refractivity contribution is -0.385. The quantitative estimate of drug-likeness (QED) is 0.475. The molecule has 27 heavy (non-hydrogen) atoms. The van der Waals surface area contributed by atoms with Gasteiger partial charge in [0.15, 0.2) is 5.69 Å². The van der Waals surface area contributed by atoms with E-state index >= 15 is 0 Å². The SMILES string of the molecule is CCC(C)n1c(O)c(C#N)c(C)c(N=Nc2ccc(C)c([N+](=O)[O-])c2)c1=O. The van der Waals surface area contributed by atoms with Gasteiger partial charge in [0.05, 0.1) is 10.6 Å². The van der Waals surface area contributed by atoms with Crippen LogP contribution < -0.4 is 5.56 Å². The number of rotatable bonds is 5. The van der Waals surface area contributed by atoms with Gasteiger partial charge in [-0.2, -0.15) is 10.4 Å². The zero-order chi connectivity index (χ0) is 20.3. The highest BCUT2D eigenvalue weighted by Crippen LogP contribution is 2.30. The maximum atomic E-state index is 12.8. The van der Waals surface area contributed by atoms with E-state index in [1.807, 2.05) is 13.0 Å². The average Bonchev–Trinajstić information content (AvgIpc) is 2.62. The topological polar surface area (TPSA) is 134 Å². The van der Waals surface area contributed by atoms with Crippen LogP contribution in [0, 0.1) is 35.3 Å². The van der Waals surface area contributed by atoms with Gasteiger partial charge in [-0.05, 0) is 33.3 Å². The van der Waals surface area contributed by atoms with Crippen molar-refractivity contribution in [3.63, 3.8) is 0 Å². The van der Waals surface area contributed by atoms with E-state index in [4.69, 9.17) is 0 Å². The lowest BCUT2D eigenvalue weighted by Gasteiger charge is -2.17. The highest BCUT2D eigenvalue weighted by Gasteiger charge is 2.21. The number of nitriles is 1. The molecule has 1 N–H and O–H groups in total. The lowest BCUT2D eigenvalue weighted by Crippen LogP contribution is -2.24. The summed E-state index contributed by atoms with van der Waals surface area (Å²) in [4.78, 5) is 23.3. The minimum Gasteiger partial charge on any atom is -0.493 e. The first-order valence-electron chi connectivity index (χ1n) is 8.27. The van der Waals surface area contributed by atoms with Crippen LogP contribution in [0.2, 0.25) is 0 Å². The smallest absolute Gasteiger partial charge is 0.281 e. The summed E-state index contributed by atoms with van der Waals surface area (Å²) in [7, 11) is 0. The zero-order valence-corrected chi connectivity index (χ0v) is 15.4. The number of pyridine rings is 1. The Bertz CT molecular complexity index is 1030. The fraction of sp³-hybridized carbons (Fsp3) is 0.333. The van der Waals surface area contributed by atoms with Gasteiger partial charge < -0.3 is 5.11 Å². The number of benzene rings is 1. The fourth-order valence-electron chi connectivity index (χ4n) is 2.58. The molecule has 0 spiro atoms. The normalized spacial score (nSPS) is 12.1. The van der Waals surface area contributed by atoms with E-state index in [1.165, 1.54) is 19.1 Å². The number of aromatic nitrogens is 1. The summed E-state index contributed by atoms with van der Waals surface area (Å²) in [6.07, 6.45) is 0.558. The largest absolute Gasteiger partial charge is 0.493 e. The molecule has 9 nitrogen and oxygen atoms in total. The summed E-state index contributed by atoms with van der Waals surface area (Å²) in [6.45, 7) is 6.68. The van der Waals surface area contributed by atoms with Crippen molar-refractivity contribution in [3.05, 3.63) is 55.4 Å². The fourth-order valence-corrected chi connectivity index (χ4v) is 2.58. The third kappa shape index (κ3) is 3.69. The van der Waals surface area contributed by atoms with Crippen LogP contribution in [0.1, 0.15) is 43.0 Å². The van der Waals surface area contributed by atoms with Crippen LogP contribution in [0.4, 0.5) is 17.1 Å². The van der Waals surface area contributed by atoms with Gasteiger partial charge in [0.1, 0.15) is 11.6 Å². The Kier molecular flexibility index (Phi) is 5.70.